The standard InChI is InChI=1S/C15H13ClN2O/c1-19-14-6-5-12(9-17)15(8-14)18-10-11-3-2-4-13(16)7-11/h2-8,18H,10H2,1H3. The van der Waals surface area contributed by atoms with Gasteiger partial charge in [-0.1, -0.05) is 23.7 Å². The Morgan fingerprint density at radius 3 is 2.79 bits per heavy atom. The lowest BCUT2D eigenvalue weighted by Gasteiger charge is -2.10. The second-order valence-corrected chi connectivity index (χ2v) is 4.44. The van der Waals surface area contributed by atoms with Crippen molar-refractivity contribution < 1.29 is 4.74 Å². The van der Waals surface area contributed by atoms with E-state index in [1.807, 2.05) is 30.3 Å². The fourth-order valence-corrected chi connectivity index (χ4v) is 1.95. The maximum atomic E-state index is 9.07. The molecule has 0 unspecified atom stereocenters. The number of nitrogens with zero attached hydrogens (tertiary/aromatic N) is 1. The highest BCUT2D eigenvalue weighted by Gasteiger charge is 2.04. The molecule has 0 saturated heterocycles. The Balaban J connectivity index is 2.17. The second kappa shape index (κ2) is 6.12. The van der Waals surface area contributed by atoms with Crippen LogP contribution in [0.5, 0.6) is 5.75 Å². The van der Waals surface area contributed by atoms with Crippen LogP contribution >= 0.6 is 11.6 Å². The lowest BCUT2D eigenvalue weighted by atomic mass is 10.1. The number of methoxy groups -OCH3 is 1. The van der Waals surface area contributed by atoms with E-state index in [0.717, 1.165) is 11.3 Å². The van der Waals surface area contributed by atoms with Crippen molar-refractivity contribution in [3.8, 4) is 11.8 Å². The minimum Gasteiger partial charge on any atom is -0.497 e. The summed E-state index contributed by atoms with van der Waals surface area (Å²) in [5.74, 6) is 0.715. The molecular formula is C15H13ClN2O. The third kappa shape index (κ3) is 3.40. The molecule has 0 aromatic heterocycles. The average Bonchev–Trinajstić information content (AvgIpc) is 2.45. The van der Waals surface area contributed by atoms with Crippen LogP contribution in [0, 0.1) is 11.3 Å². The quantitative estimate of drug-likeness (QED) is 0.920. The predicted octanol–water partition coefficient (Wildman–Crippen LogP) is 3.83. The lowest BCUT2D eigenvalue weighted by molar-refractivity contribution is 0.415. The summed E-state index contributed by atoms with van der Waals surface area (Å²) in [6.45, 7) is 0.600. The van der Waals surface area contributed by atoms with Crippen molar-refractivity contribution in [2.45, 2.75) is 6.54 Å². The number of anilines is 1. The van der Waals surface area contributed by atoms with E-state index in [1.165, 1.54) is 0 Å². The summed E-state index contributed by atoms with van der Waals surface area (Å²) in [6.07, 6.45) is 0. The molecule has 0 spiro atoms. The molecule has 0 amide bonds. The molecular weight excluding hydrogens is 260 g/mol. The van der Waals surface area contributed by atoms with E-state index < -0.39 is 0 Å². The van der Waals surface area contributed by atoms with E-state index in [0.29, 0.717) is 22.9 Å². The van der Waals surface area contributed by atoms with E-state index in [-0.39, 0.29) is 0 Å². The van der Waals surface area contributed by atoms with Crippen LogP contribution < -0.4 is 10.1 Å². The van der Waals surface area contributed by atoms with Crippen LogP contribution in [-0.4, -0.2) is 7.11 Å². The molecule has 3 nitrogen and oxygen atoms in total. The molecule has 0 bridgehead atoms. The molecule has 1 N–H and O–H groups in total. The highest BCUT2D eigenvalue weighted by molar-refractivity contribution is 6.30. The molecule has 2 rings (SSSR count). The van der Waals surface area contributed by atoms with Gasteiger partial charge in [0.05, 0.1) is 18.4 Å². The van der Waals surface area contributed by atoms with Crippen LogP contribution in [0.15, 0.2) is 42.5 Å². The van der Waals surface area contributed by atoms with Crippen molar-refractivity contribution in [2.75, 3.05) is 12.4 Å². The van der Waals surface area contributed by atoms with Gasteiger partial charge in [0, 0.05) is 17.6 Å². The van der Waals surface area contributed by atoms with Gasteiger partial charge in [-0.15, -0.1) is 0 Å². The van der Waals surface area contributed by atoms with E-state index in [1.54, 1.807) is 19.2 Å². The third-order valence-corrected chi connectivity index (χ3v) is 2.95. The first-order valence-corrected chi connectivity index (χ1v) is 6.17. The summed E-state index contributed by atoms with van der Waals surface area (Å²) in [5, 5.41) is 13.0. The van der Waals surface area contributed by atoms with Gasteiger partial charge in [0.15, 0.2) is 0 Å². The Morgan fingerprint density at radius 1 is 1.26 bits per heavy atom. The highest BCUT2D eigenvalue weighted by Crippen LogP contribution is 2.22. The van der Waals surface area contributed by atoms with Crippen molar-refractivity contribution in [1.82, 2.24) is 0 Å². The van der Waals surface area contributed by atoms with Gasteiger partial charge in [-0.3, -0.25) is 0 Å². The fourth-order valence-electron chi connectivity index (χ4n) is 1.74. The number of hydrogen-bond donors (Lipinski definition) is 1. The molecule has 0 atom stereocenters. The van der Waals surface area contributed by atoms with Crippen LogP contribution in [-0.2, 0) is 6.54 Å². The molecule has 19 heavy (non-hydrogen) atoms. The average molecular weight is 273 g/mol. The Labute approximate surface area is 117 Å². The Morgan fingerprint density at radius 2 is 2.11 bits per heavy atom. The number of halogens is 1. The van der Waals surface area contributed by atoms with E-state index in [4.69, 9.17) is 21.6 Å². The van der Waals surface area contributed by atoms with Gasteiger partial charge in [0.25, 0.3) is 0 Å². The number of hydrogen-bond acceptors (Lipinski definition) is 3. The first-order chi connectivity index (χ1) is 9.22. The number of nitriles is 1. The monoisotopic (exact) mass is 272 g/mol. The first-order valence-electron chi connectivity index (χ1n) is 5.79. The van der Waals surface area contributed by atoms with Crippen LogP contribution in [0.3, 0.4) is 0 Å². The smallest absolute Gasteiger partial charge is 0.121 e. The van der Waals surface area contributed by atoms with Crippen LogP contribution in [0.1, 0.15) is 11.1 Å². The van der Waals surface area contributed by atoms with Crippen molar-refractivity contribution in [3.05, 3.63) is 58.6 Å². The minimum absolute atomic E-state index is 0.586. The number of benzene rings is 2. The number of nitrogens with one attached hydrogen (secondary N) is 1. The summed E-state index contributed by atoms with van der Waals surface area (Å²) in [5.41, 5.74) is 2.39. The van der Waals surface area contributed by atoms with Crippen LogP contribution in [0.25, 0.3) is 0 Å². The van der Waals surface area contributed by atoms with Crippen molar-refractivity contribution in [2.24, 2.45) is 0 Å². The zero-order valence-electron chi connectivity index (χ0n) is 10.5. The second-order valence-electron chi connectivity index (χ2n) is 4.01. The largest absolute Gasteiger partial charge is 0.497 e. The topological polar surface area (TPSA) is 45.0 Å². The van der Waals surface area contributed by atoms with Gasteiger partial charge < -0.3 is 10.1 Å². The van der Waals surface area contributed by atoms with Crippen molar-refractivity contribution in [1.29, 1.82) is 5.26 Å². The van der Waals surface area contributed by atoms with Gasteiger partial charge >= 0.3 is 0 Å². The van der Waals surface area contributed by atoms with E-state index in [9.17, 15) is 0 Å². The lowest BCUT2D eigenvalue weighted by Crippen LogP contribution is -2.01. The summed E-state index contributed by atoms with van der Waals surface area (Å²) in [4.78, 5) is 0. The minimum atomic E-state index is 0.586. The summed E-state index contributed by atoms with van der Waals surface area (Å²) in [6, 6.07) is 15.1. The predicted molar refractivity (Wildman–Crippen MR) is 76.5 cm³/mol. The first kappa shape index (κ1) is 13.3. The van der Waals surface area contributed by atoms with Gasteiger partial charge in [0.2, 0.25) is 0 Å². The molecule has 0 aliphatic rings. The van der Waals surface area contributed by atoms with Gasteiger partial charge in [-0.2, -0.15) is 5.26 Å². The molecule has 0 aliphatic carbocycles. The van der Waals surface area contributed by atoms with Crippen molar-refractivity contribution >= 4 is 17.3 Å². The van der Waals surface area contributed by atoms with Crippen LogP contribution in [0.4, 0.5) is 5.69 Å². The SMILES string of the molecule is COc1ccc(C#N)c(NCc2cccc(Cl)c2)c1. The Bertz CT molecular complexity index is 620. The normalized spacial score (nSPS) is 9.74. The van der Waals surface area contributed by atoms with E-state index in [2.05, 4.69) is 11.4 Å². The molecule has 2 aromatic rings. The Hall–Kier alpha value is -2.18. The fraction of sp³-hybridized carbons (Fsp3) is 0.133. The molecule has 2 aromatic carbocycles. The summed E-state index contributed by atoms with van der Waals surface area (Å²) < 4.78 is 5.15. The molecule has 0 saturated carbocycles. The maximum Gasteiger partial charge on any atom is 0.121 e. The maximum absolute atomic E-state index is 9.07. The zero-order valence-corrected chi connectivity index (χ0v) is 11.2. The molecule has 4 heteroatoms. The van der Waals surface area contributed by atoms with Crippen LogP contribution in [0.2, 0.25) is 5.02 Å². The number of rotatable bonds is 4. The Kier molecular flexibility index (Phi) is 4.27. The summed E-state index contributed by atoms with van der Waals surface area (Å²) in [7, 11) is 1.60. The van der Waals surface area contributed by atoms with Gasteiger partial charge in [-0.05, 0) is 29.8 Å². The van der Waals surface area contributed by atoms with Gasteiger partial charge in [0.1, 0.15) is 11.8 Å². The molecule has 0 radical (unpaired) electrons. The molecule has 0 aliphatic heterocycles. The van der Waals surface area contributed by atoms with E-state index >= 15 is 0 Å². The van der Waals surface area contributed by atoms with Gasteiger partial charge in [-0.25, -0.2) is 0 Å². The summed E-state index contributed by atoms with van der Waals surface area (Å²) >= 11 is 5.93. The van der Waals surface area contributed by atoms with Crippen molar-refractivity contribution in [3.63, 3.8) is 0 Å². The molecule has 96 valence electrons. The highest BCUT2D eigenvalue weighted by atomic mass is 35.5. The molecule has 0 heterocycles. The third-order valence-electron chi connectivity index (χ3n) is 2.72. The molecule has 0 fully saturated rings. The zero-order chi connectivity index (χ0) is 13.7. The number of ether oxygens (including phenoxy) is 1.